The quantitative estimate of drug-likeness (QED) is 0.00935. The van der Waals surface area contributed by atoms with E-state index in [1.807, 2.05) is 109 Å². The molecule has 7 atom stereocenters. The van der Waals surface area contributed by atoms with Gasteiger partial charge in [0.15, 0.2) is 5.78 Å². The number of benzene rings is 5. The van der Waals surface area contributed by atoms with Crippen LogP contribution in [0.3, 0.4) is 0 Å². The molecule has 31 heteroatoms. The van der Waals surface area contributed by atoms with E-state index in [2.05, 4.69) is 111 Å². The molecule has 0 radical (unpaired) electrons. The maximum Gasteiger partial charge on any atom is 0.408 e. The summed E-state index contributed by atoms with van der Waals surface area (Å²) in [5.74, 6) is -1.94. The maximum atomic E-state index is 11.9. The molecule has 0 aromatic heterocycles. The van der Waals surface area contributed by atoms with E-state index >= 15 is 0 Å². The number of ether oxygens (including phenoxy) is 5. The number of Topliss-reactive ketones (excluding diaryl/α,β-unsaturated/α-hetero) is 2. The van der Waals surface area contributed by atoms with Crippen LogP contribution in [0, 0.1) is 0 Å². The van der Waals surface area contributed by atoms with Gasteiger partial charge in [0, 0.05) is 35.2 Å². The molecule has 0 unspecified atom stereocenters. The summed E-state index contributed by atoms with van der Waals surface area (Å²) in [6, 6.07) is 33.9. The van der Waals surface area contributed by atoms with Gasteiger partial charge in [0.2, 0.25) is 0 Å². The second-order valence-corrected chi connectivity index (χ2v) is 33.7. The number of ketones is 2. The fraction of sp³-hybridized carbons (Fsp3) is 0.473. The Bertz CT molecular complexity index is 3480. The molecule has 5 rings (SSSR count). The lowest BCUT2D eigenvalue weighted by atomic mass is 10.0. The van der Waals surface area contributed by atoms with Gasteiger partial charge in [0.05, 0.1) is 48.0 Å². The van der Waals surface area contributed by atoms with Gasteiger partial charge in [-0.05, 0) is 212 Å². The molecule has 5 aromatic carbocycles. The summed E-state index contributed by atoms with van der Waals surface area (Å²) in [6.07, 6.45) is -2.33. The van der Waals surface area contributed by atoms with Gasteiger partial charge in [-0.25, -0.2) is 28.8 Å². The lowest BCUT2D eigenvalue weighted by Gasteiger charge is -2.26. The monoisotopic (exact) mass is 1840 g/mol. The molecular formula is C74H97Br5Cl3N7O16. The van der Waals surface area contributed by atoms with E-state index in [0.29, 0.717) is 19.3 Å². The van der Waals surface area contributed by atoms with Gasteiger partial charge < -0.3 is 71.1 Å². The number of alkyl halides is 3. The number of nitrogens with one attached hydrogen (secondary N) is 5. The number of aliphatic hydroxyl groups is 2. The Morgan fingerprint density at radius 2 is 0.610 bits per heavy atom. The van der Waals surface area contributed by atoms with Crippen molar-refractivity contribution in [3.8, 4) is 0 Å². The van der Waals surface area contributed by atoms with Gasteiger partial charge in [-0.1, -0.05) is 140 Å². The van der Waals surface area contributed by atoms with E-state index in [9.17, 15) is 48.6 Å². The van der Waals surface area contributed by atoms with Crippen molar-refractivity contribution in [2.75, 3.05) is 17.6 Å². The van der Waals surface area contributed by atoms with Gasteiger partial charge in [-0.15, -0.1) is 34.8 Å². The SMILES string of the molecule is CC(C)(C)OC(=O)N[C@@H](Cc1ccc(Br)cc1)C(=O)C=[N+]=[N-].CC(C)(C)OC(=O)N[C@@H](Cc1ccc(Br)cc1)C(=O)CCl.CC(C)(C)OC(=O)N[C@@H](Cc1ccc(Br)cc1)C(=O)O.CC(C)(C)OC(=O)N[C@@H](Cc1ccc(Br)cc1)[C@@H](O)CCl.CC(C)(C)OC(=O)N[C@@H](Cc1ccc(Br)cc1)[C@H](O)CCl. The summed E-state index contributed by atoms with van der Waals surface area (Å²) >= 11 is 33.7. The summed E-state index contributed by atoms with van der Waals surface area (Å²) in [5.41, 5.74) is 9.97. The molecule has 0 saturated heterocycles. The summed E-state index contributed by atoms with van der Waals surface area (Å²) in [5, 5.41) is 41.9. The van der Waals surface area contributed by atoms with E-state index < -0.39 is 113 Å². The van der Waals surface area contributed by atoms with E-state index in [1.165, 1.54) is 0 Å². The van der Waals surface area contributed by atoms with E-state index in [0.717, 1.165) is 56.4 Å². The highest BCUT2D eigenvalue weighted by Crippen LogP contribution is 2.20. The van der Waals surface area contributed by atoms with Crippen LogP contribution in [-0.4, -0.2) is 162 Å². The fourth-order valence-electron chi connectivity index (χ4n) is 8.27. The number of aliphatic carboxylic acids is 1. The molecular weight excluding hydrogens is 1750 g/mol. The Morgan fingerprint density at radius 1 is 0.390 bits per heavy atom. The topological polar surface area (TPSA) is 340 Å². The van der Waals surface area contributed by atoms with Crippen molar-refractivity contribution in [2.45, 2.75) is 206 Å². The molecule has 0 fully saturated rings. The zero-order valence-electron chi connectivity index (χ0n) is 61.4. The average molecular weight is 1850 g/mol. The number of carbonyl (C=O) groups is 8. The Labute approximate surface area is 673 Å². The number of halogens is 8. The van der Waals surface area contributed by atoms with Crippen LogP contribution in [-0.2, 0) is 70.2 Å². The third-order valence-corrected chi connectivity index (χ3v) is 16.4. The molecule has 5 aromatic rings. The smallest absolute Gasteiger partial charge is 0.408 e. The van der Waals surface area contributed by atoms with Crippen molar-refractivity contribution in [1.82, 2.24) is 26.6 Å². The maximum absolute atomic E-state index is 11.9. The summed E-state index contributed by atoms with van der Waals surface area (Å²) in [4.78, 5) is 96.6. The van der Waals surface area contributed by atoms with Crippen LogP contribution >= 0.6 is 114 Å². The highest BCUT2D eigenvalue weighted by Gasteiger charge is 2.30. The standard InChI is InChI=1S/2C15H21BrClNO3.C15H19BrClNO3.C15H18BrN3O3.C14H18BrNO4/c3*1-15(2,3)21-14(20)18-12(13(19)9-17)8-10-4-6-11(16)7-5-10;1-15(2,3)22-14(21)19-12(13(20)9-18-17)8-10-4-6-11(16)7-5-10;1-14(2,3)20-13(19)16-11(12(17)18)8-9-4-6-10(15)7-5-9/h2*4-7,12-13,19H,8-9H2,1-3H3,(H,18,20);4-7,12H,8-9H2,1-3H3,(H,18,20);4-7,9,12H,8H2,1-3H3,(H,19,21);4-7,11H,8H2,1-3H3,(H,16,19)(H,17,18)/t12-,13+;12-,13-;2*12-;11-/m00000/s1. The second kappa shape index (κ2) is 47.6. The average Bonchev–Trinajstić information content (AvgIpc) is 0.897. The first kappa shape index (κ1) is 96.8. The molecule has 5 amide bonds. The molecule has 105 heavy (non-hydrogen) atoms. The molecule has 0 aliphatic heterocycles. The van der Waals surface area contributed by atoms with Crippen LogP contribution in [0.5, 0.6) is 0 Å². The van der Waals surface area contributed by atoms with Crippen LogP contribution < -0.4 is 26.6 Å². The van der Waals surface area contributed by atoms with Gasteiger partial charge in [0.25, 0.3) is 5.78 Å². The minimum absolute atomic E-state index is 0.0387. The minimum atomic E-state index is -1.10. The van der Waals surface area contributed by atoms with Crippen molar-refractivity contribution < 1.29 is 82.2 Å². The zero-order valence-corrected chi connectivity index (χ0v) is 71.6. The fourth-order valence-corrected chi connectivity index (χ4v) is 10.2. The number of rotatable bonds is 24. The highest BCUT2D eigenvalue weighted by molar-refractivity contribution is 9.11. The number of alkyl carbamates (subject to hydrolysis) is 5. The molecule has 580 valence electrons. The lowest BCUT2D eigenvalue weighted by molar-refractivity contribution is -0.139. The number of carboxylic acids is 1. The second-order valence-electron chi connectivity index (χ2n) is 28.3. The summed E-state index contributed by atoms with van der Waals surface area (Å²) < 4.78 is 30.5. The van der Waals surface area contributed by atoms with Gasteiger partial charge in [-0.2, -0.15) is 4.79 Å². The normalized spacial score (nSPS) is 13.2. The largest absolute Gasteiger partial charge is 0.480 e. The van der Waals surface area contributed by atoms with Gasteiger partial charge >= 0.3 is 42.7 Å². The van der Waals surface area contributed by atoms with Gasteiger partial charge in [-0.3, -0.25) is 9.59 Å². The number of hydrogen-bond donors (Lipinski definition) is 8. The van der Waals surface area contributed by atoms with Crippen LogP contribution in [0.15, 0.2) is 144 Å². The molecule has 0 aliphatic rings. The van der Waals surface area contributed by atoms with Crippen molar-refractivity contribution in [2.24, 2.45) is 0 Å². The van der Waals surface area contributed by atoms with Crippen LogP contribution in [0.4, 0.5) is 24.0 Å². The number of aliphatic hydroxyl groups excluding tert-OH is 2. The molecule has 8 N–H and O–H groups in total. The minimum Gasteiger partial charge on any atom is -0.480 e. The molecule has 0 spiro atoms. The summed E-state index contributed by atoms with van der Waals surface area (Å²) in [6.45, 7) is 26.4. The van der Waals surface area contributed by atoms with Crippen LogP contribution in [0.25, 0.3) is 5.53 Å². The van der Waals surface area contributed by atoms with E-state index in [4.69, 9.17) is 69.1 Å². The Balaban J connectivity index is 0.000000656. The molecule has 0 heterocycles. The Morgan fingerprint density at radius 3 is 0.838 bits per heavy atom. The van der Waals surface area contributed by atoms with Crippen LogP contribution in [0.1, 0.15) is 132 Å². The molecule has 0 bridgehead atoms. The van der Waals surface area contributed by atoms with Gasteiger partial charge in [0.1, 0.15) is 40.1 Å². The predicted molar refractivity (Wildman–Crippen MR) is 427 cm³/mol. The Hall–Kier alpha value is -6.17. The predicted octanol–water partition coefficient (Wildman–Crippen LogP) is 16.4. The first-order chi connectivity index (χ1) is 48.5. The molecule has 0 saturated carbocycles. The van der Waals surface area contributed by atoms with Crippen molar-refractivity contribution in [3.05, 3.63) is 177 Å². The molecule has 23 nitrogen and oxygen atoms in total. The first-order valence-corrected chi connectivity index (χ1v) is 38.3. The molecule has 0 aliphatic carbocycles. The highest BCUT2D eigenvalue weighted by atomic mass is 79.9. The van der Waals surface area contributed by atoms with E-state index in [1.54, 1.807) is 116 Å². The lowest BCUT2D eigenvalue weighted by Crippen LogP contribution is -2.47. The number of carboxylic acid groups (broad SMARTS) is 1. The van der Waals surface area contributed by atoms with Crippen LogP contribution in [0.2, 0.25) is 0 Å². The first-order valence-electron chi connectivity index (χ1n) is 32.7. The number of nitrogens with zero attached hydrogens (tertiary/aromatic N) is 2. The number of hydrogen-bond acceptors (Lipinski definition) is 15. The van der Waals surface area contributed by atoms with Crippen molar-refractivity contribution >= 4 is 169 Å². The van der Waals surface area contributed by atoms with Crippen molar-refractivity contribution in [3.63, 3.8) is 0 Å². The summed E-state index contributed by atoms with van der Waals surface area (Å²) in [7, 11) is 0. The Kier molecular flexibility index (Phi) is 43.9. The third kappa shape index (κ3) is 47.3. The zero-order chi connectivity index (χ0) is 80.2. The van der Waals surface area contributed by atoms with E-state index in [-0.39, 0.29) is 36.3 Å². The third-order valence-electron chi connectivity index (χ3n) is 12.9. The van der Waals surface area contributed by atoms with Crippen molar-refractivity contribution in [1.29, 1.82) is 0 Å². The number of carbonyl (C=O) groups excluding carboxylic acids is 7. The number of amides is 5.